The minimum Gasteiger partial charge on any atom is -0.338 e. The Morgan fingerprint density at radius 1 is 1.04 bits per heavy atom. The van der Waals surface area contributed by atoms with E-state index in [1.165, 1.54) is 17.7 Å². The van der Waals surface area contributed by atoms with Gasteiger partial charge in [-0.2, -0.15) is 18.3 Å². The van der Waals surface area contributed by atoms with Crippen molar-refractivity contribution in [1.29, 1.82) is 0 Å². The molecule has 2 aromatic carbocycles. The normalized spacial score (nSPS) is 11.8. The number of halogens is 4. The summed E-state index contributed by atoms with van der Waals surface area (Å²) in [6, 6.07) is 12.8. The molecule has 3 aromatic rings. The fourth-order valence-corrected chi connectivity index (χ4v) is 3.00. The van der Waals surface area contributed by atoms with Gasteiger partial charge in [0.15, 0.2) is 5.82 Å². The summed E-state index contributed by atoms with van der Waals surface area (Å²) in [7, 11) is 0. The first-order valence-electron chi connectivity index (χ1n) is 8.03. The first kappa shape index (κ1) is 18.5. The van der Waals surface area contributed by atoms with Crippen LogP contribution in [0.2, 0.25) is 0 Å². The Bertz CT molecular complexity index is 899. The molecule has 3 rings (SSSR count). The van der Waals surface area contributed by atoms with Gasteiger partial charge < -0.3 is 5.32 Å². The SMILES string of the molecule is CC(C)c1ccc(Nc2cc(-c3ccc(C(F)(F)F)cc3)[nH]n2)c(Br)c1. The van der Waals surface area contributed by atoms with Gasteiger partial charge in [0.05, 0.1) is 16.9 Å². The number of hydrogen-bond donors (Lipinski definition) is 2. The van der Waals surface area contributed by atoms with Gasteiger partial charge in [-0.25, -0.2) is 0 Å². The molecule has 1 aromatic heterocycles. The Labute approximate surface area is 157 Å². The van der Waals surface area contributed by atoms with Gasteiger partial charge in [0, 0.05) is 10.5 Å². The molecule has 0 saturated heterocycles. The molecule has 0 aliphatic carbocycles. The minimum absolute atomic E-state index is 0.428. The summed E-state index contributed by atoms with van der Waals surface area (Å²) >= 11 is 3.54. The van der Waals surface area contributed by atoms with Crippen molar-refractivity contribution in [3.8, 4) is 11.3 Å². The Kier molecular flexibility index (Phi) is 5.09. The third-order valence-corrected chi connectivity index (χ3v) is 4.68. The van der Waals surface area contributed by atoms with Crippen LogP contribution >= 0.6 is 15.9 Å². The highest BCUT2D eigenvalue weighted by Gasteiger charge is 2.30. The molecule has 0 atom stereocenters. The molecule has 0 fully saturated rings. The number of aromatic nitrogens is 2. The molecule has 0 unspecified atom stereocenters. The zero-order chi connectivity index (χ0) is 18.9. The standard InChI is InChI=1S/C19H17BrF3N3/c1-11(2)13-5-8-16(15(20)9-13)24-18-10-17(25-26-18)12-3-6-14(7-4-12)19(21,22)23/h3-11H,1-2H3,(H2,24,25,26). The number of hydrogen-bond acceptors (Lipinski definition) is 2. The summed E-state index contributed by atoms with van der Waals surface area (Å²) in [6.07, 6.45) is -4.34. The Morgan fingerprint density at radius 3 is 2.31 bits per heavy atom. The first-order valence-corrected chi connectivity index (χ1v) is 8.83. The Hall–Kier alpha value is -2.28. The van der Waals surface area contributed by atoms with E-state index in [1.807, 2.05) is 12.1 Å². The number of benzene rings is 2. The summed E-state index contributed by atoms with van der Waals surface area (Å²) in [5.41, 5.74) is 2.67. The van der Waals surface area contributed by atoms with E-state index < -0.39 is 11.7 Å². The van der Waals surface area contributed by atoms with Crippen LogP contribution in [-0.4, -0.2) is 10.2 Å². The maximum atomic E-state index is 12.6. The first-order chi connectivity index (χ1) is 12.2. The van der Waals surface area contributed by atoms with E-state index in [0.717, 1.165) is 22.3 Å². The number of alkyl halides is 3. The molecule has 0 bridgehead atoms. The van der Waals surface area contributed by atoms with Crippen molar-refractivity contribution in [1.82, 2.24) is 10.2 Å². The maximum absolute atomic E-state index is 12.6. The van der Waals surface area contributed by atoms with Crippen LogP contribution in [0.25, 0.3) is 11.3 Å². The Balaban J connectivity index is 1.78. The van der Waals surface area contributed by atoms with Gasteiger partial charge in [0.25, 0.3) is 0 Å². The van der Waals surface area contributed by atoms with Gasteiger partial charge in [0.1, 0.15) is 0 Å². The van der Waals surface area contributed by atoms with Crippen molar-refractivity contribution in [2.75, 3.05) is 5.32 Å². The second-order valence-corrected chi connectivity index (χ2v) is 7.12. The minimum atomic E-state index is -4.34. The third-order valence-electron chi connectivity index (χ3n) is 4.02. The molecule has 1 heterocycles. The van der Waals surface area contributed by atoms with Crippen LogP contribution < -0.4 is 5.32 Å². The summed E-state index contributed by atoms with van der Waals surface area (Å²) in [6.45, 7) is 4.25. The number of nitrogens with zero attached hydrogens (tertiary/aromatic N) is 1. The summed E-state index contributed by atoms with van der Waals surface area (Å²) in [4.78, 5) is 0. The zero-order valence-corrected chi connectivity index (χ0v) is 15.7. The van der Waals surface area contributed by atoms with Crippen LogP contribution in [0.3, 0.4) is 0 Å². The highest BCUT2D eigenvalue weighted by atomic mass is 79.9. The number of anilines is 2. The topological polar surface area (TPSA) is 40.7 Å². The second-order valence-electron chi connectivity index (χ2n) is 6.26. The summed E-state index contributed by atoms with van der Waals surface area (Å²) in [5, 5.41) is 10.2. The van der Waals surface area contributed by atoms with Gasteiger partial charge in [-0.3, -0.25) is 5.10 Å². The van der Waals surface area contributed by atoms with Crippen LogP contribution in [-0.2, 0) is 6.18 Å². The second kappa shape index (κ2) is 7.15. The maximum Gasteiger partial charge on any atom is 0.416 e. The third kappa shape index (κ3) is 4.09. The van der Waals surface area contributed by atoms with Crippen molar-refractivity contribution in [2.24, 2.45) is 0 Å². The van der Waals surface area contributed by atoms with Gasteiger partial charge in [0.2, 0.25) is 0 Å². The summed E-state index contributed by atoms with van der Waals surface area (Å²) < 4.78 is 38.9. The van der Waals surface area contributed by atoms with Crippen LogP contribution in [0.4, 0.5) is 24.7 Å². The van der Waals surface area contributed by atoms with Crippen LogP contribution in [0.5, 0.6) is 0 Å². The van der Waals surface area contributed by atoms with Crippen molar-refractivity contribution in [2.45, 2.75) is 25.9 Å². The number of nitrogens with one attached hydrogen (secondary N) is 2. The molecule has 136 valence electrons. The average molecular weight is 424 g/mol. The lowest BCUT2D eigenvalue weighted by atomic mass is 10.0. The molecule has 0 spiro atoms. The lowest BCUT2D eigenvalue weighted by molar-refractivity contribution is -0.137. The van der Waals surface area contributed by atoms with Gasteiger partial charge in [-0.05, 0) is 57.2 Å². The van der Waals surface area contributed by atoms with Crippen LogP contribution in [0.1, 0.15) is 30.9 Å². The van der Waals surface area contributed by atoms with Gasteiger partial charge in [-0.1, -0.05) is 32.0 Å². The molecule has 0 aliphatic rings. The monoisotopic (exact) mass is 423 g/mol. The highest BCUT2D eigenvalue weighted by molar-refractivity contribution is 9.10. The molecule has 0 saturated carbocycles. The predicted octanol–water partition coefficient (Wildman–Crippen LogP) is 6.73. The molecule has 26 heavy (non-hydrogen) atoms. The molecular weight excluding hydrogens is 407 g/mol. The zero-order valence-electron chi connectivity index (χ0n) is 14.2. The molecule has 7 heteroatoms. The van der Waals surface area contributed by atoms with Gasteiger partial charge in [-0.15, -0.1) is 0 Å². The lowest BCUT2D eigenvalue weighted by Crippen LogP contribution is -2.03. The number of aromatic amines is 1. The molecule has 0 amide bonds. The highest BCUT2D eigenvalue weighted by Crippen LogP contribution is 2.32. The Morgan fingerprint density at radius 2 is 1.73 bits per heavy atom. The van der Waals surface area contributed by atoms with E-state index in [1.54, 1.807) is 6.07 Å². The quantitative estimate of drug-likeness (QED) is 0.488. The average Bonchev–Trinajstić information content (AvgIpc) is 3.04. The van der Waals surface area contributed by atoms with Crippen molar-refractivity contribution in [3.05, 3.63) is 64.1 Å². The molecular formula is C19H17BrF3N3. The number of rotatable bonds is 4. The van der Waals surface area contributed by atoms with E-state index in [0.29, 0.717) is 23.0 Å². The predicted molar refractivity (Wildman–Crippen MR) is 101 cm³/mol. The molecule has 3 nitrogen and oxygen atoms in total. The fraction of sp³-hybridized carbons (Fsp3) is 0.211. The van der Waals surface area contributed by atoms with E-state index in [2.05, 4.69) is 51.4 Å². The van der Waals surface area contributed by atoms with Crippen LogP contribution in [0, 0.1) is 0 Å². The van der Waals surface area contributed by atoms with Crippen LogP contribution in [0.15, 0.2) is 53.0 Å². The fourth-order valence-electron chi connectivity index (χ4n) is 2.50. The summed E-state index contributed by atoms with van der Waals surface area (Å²) in [5.74, 6) is 1.01. The smallest absolute Gasteiger partial charge is 0.338 e. The van der Waals surface area contributed by atoms with Gasteiger partial charge >= 0.3 is 6.18 Å². The molecule has 2 N–H and O–H groups in total. The largest absolute Gasteiger partial charge is 0.416 e. The van der Waals surface area contributed by atoms with E-state index in [-0.39, 0.29) is 0 Å². The number of H-pyrrole nitrogens is 1. The lowest BCUT2D eigenvalue weighted by Gasteiger charge is -2.10. The molecule has 0 radical (unpaired) electrons. The van der Waals surface area contributed by atoms with E-state index >= 15 is 0 Å². The van der Waals surface area contributed by atoms with Crippen molar-refractivity contribution in [3.63, 3.8) is 0 Å². The van der Waals surface area contributed by atoms with E-state index in [9.17, 15) is 13.2 Å². The molecule has 0 aliphatic heterocycles. The van der Waals surface area contributed by atoms with Crippen molar-refractivity contribution >= 4 is 27.4 Å². The van der Waals surface area contributed by atoms with E-state index in [4.69, 9.17) is 0 Å². The van der Waals surface area contributed by atoms with Crippen molar-refractivity contribution < 1.29 is 13.2 Å².